The van der Waals surface area contributed by atoms with Crippen LogP contribution in [0.3, 0.4) is 0 Å². The Morgan fingerprint density at radius 1 is 1.38 bits per heavy atom. The van der Waals surface area contributed by atoms with Crippen molar-refractivity contribution in [1.82, 2.24) is 15.5 Å². The lowest BCUT2D eigenvalue weighted by Gasteiger charge is -2.25. The number of nitrogens with one attached hydrogen (secondary N) is 2. The first-order chi connectivity index (χ1) is 10.2. The number of methoxy groups -OCH3 is 1. The van der Waals surface area contributed by atoms with Crippen LogP contribution in [0.15, 0.2) is 4.99 Å². The van der Waals surface area contributed by atoms with E-state index in [4.69, 9.17) is 4.74 Å². The molecule has 0 bridgehead atoms. The van der Waals surface area contributed by atoms with Gasteiger partial charge in [-0.05, 0) is 38.1 Å². The Morgan fingerprint density at radius 3 is 2.86 bits per heavy atom. The van der Waals surface area contributed by atoms with Crippen molar-refractivity contribution in [3.8, 4) is 0 Å². The van der Waals surface area contributed by atoms with Crippen LogP contribution in [0, 0.1) is 5.92 Å². The maximum absolute atomic E-state index is 5.19. The van der Waals surface area contributed by atoms with Gasteiger partial charge in [-0.2, -0.15) is 0 Å². The summed E-state index contributed by atoms with van der Waals surface area (Å²) in [6.45, 7) is 9.53. The minimum atomic E-state index is 0.606. The van der Waals surface area contributed by atoms with Gasteiger partial charge in [-0.1, -0.05) is 13.8 Å². The van der Waals surface area contributed by atoms with Crippen LogP contribution in [0.4, 0.5) is 0 Å². The number of guanidine groups is 1. The van der Waals surface area contributed by atoms with Crippen LogP contribution < -0.4 is 10.6 Å². The second kappa shape index (κ2) is 10.9. The van der Waals surface area contributed by atoms with E-state index in [-0.39, 0.29) is 0 Å². The Labute approximate surface area is 130 Å². The summed E-state index contributed by atoms with van der Waals surface area (Å²) >= 11 is 0. The van der Waals surface area contributed by atoms with Gasteiger partial charge >= 0.3 is 0 Å². The molecule has 0 saturated carbocycles. The fraction of sp³-hybridized carbons (Fsp3) is 0.938. The number of ether oxygens (including phenoxy) is 1. The van der Waals surface area contributed by atoms with Crippen molar-refractivity contribution < 1.29 is 4.74 Å². The van der Waals surface area contributed by atoms with Gasteiger partial charge in [-0.25, -0.2) is 0 Å². The van der Waals surface area contributed by atoms with Crippen molar-refractivity contribution >= 4 is 5.96 Å². The zero-order chi connectivity index (χ0) is 15.5. The molecule has 1 aliphatic rings. The summed E-state index contributed by atoms with van der Waals surface area (Å²) in [6.07, 6.45) is 5.01. The molecule has 5 heteroatoms. The van der Waals surface area contributed by atoms with Crippen molar-refractivity contribution in [3.05, 3.63) is 0 Å². The van der Waals surface area contributed by atoms with Gasteiger partial charge in [0.2, 0.25) is 0 Å². The molecule has 2 N–H and O–H groups in total. The first-order valence-electron chi connectivity index (χ1n) is 8.34. The topological polar surface area (TPSA) is 48.9 Å². The molecule has 1 rings (SSSR count). The second-order valence-electron chi connectivity index (χ2n) is 6.24. The average Bonchev–Trinajstić information content (AvgIpc) is 2.91. The maximum atomic E-state index is 5.19. The van der Waals surface area contributed by atoms with Crippen LogP contribution in [0.5, 0.6) is 0 Å². The Hall–Kier alpha value is -0.810. The first-order valence-corrected chi connectivity index (χ1v) is 8.34. The molecule has 1 unspecified atom stereocenters. The third-order valence-corrected chi connectivity index (χ3v) is 4.06. The smallest absolute Gasteiger partial charge is 0.191 e. The van der Waals surface area contributed by atoms with Crippen molar-refractivity contribution in [2.24, 2.45) is 10.9 Å². The summed E-state index contributed by atoms with van der Waals surface area (Å²) in [5.41, 5.74) is 0. The minimum Gasteiger partial charge on any atom is -0.383 e. The van der Waals surface area contributed by atoms with Crippen molar-refractivity contribution in [1.29, 1.82) is 0 Å². The van der Waals surface area contributed by atoms with Gasteiger partial charge in [0.05, 0.1) is 6.61 Å². The number of hydrogen-bond donors (Lipinski definition) is 2. The molecule has 0 spiro atoms. The van der Waals surface area contributed by atoms with Crippen LogP contribution in [0.1, 0.15) is 39.5 Å². The van der Waals surface area contributed by atoms with Crippen LogP contribution >= 0.6 is 0 Å². The quantitative estimate of drug-likeness (QED) is 0.386. The fourth-order valence-corrected chi connectivity index (χ4v) is 2.78. The summed E-state index contributed by atoms with van der Waals surface area (Å²) in [5, 5.41) is 6.86. The number of hydrogen-bond acceptors (Lipinski definition) is 3. The monoisotopic (exact) mass is 298 g/mol. The molecule has 0 aromatic carbocycles. The van der Waals surface area contributed by atoms with Gasteiger partial charge in [-0.3, -0.25) is 9.89 Å². The van der Waals surface area contributed by atoms with E-state index >= 15 is 0 Å². The molecule has 0 aromatic heterocycles. The van der Waals surface area contributed by atoms with E-state index in [1.807, 2.05) is 7.05 Å². The van der Waals surface area contributed by atoms with E-state index in [2.05, 4.69) is 34.4 Å². The number of rotatable bonds is 9. The van der Waals surface area contributed by atoms with Gasteiger partial charge in [0.1, 0.15) is 0 Å². The average molecular weight is 298 g/mol. The highest BCUT2D eigenvalue weighted by Crippen LogP contribution is 2.15. The lowest BCUT2D eigenvalue weighted by atomic mass is 10.1. The first kappa shape index (κ1) is 18.2. The summed E-state index contributed by atoms with van der Waals surface area (Å²) in [6, 6.07) is 0.606. The molecule has 124 valence electrons. The van der Waals surface area contributed by atoms with E-state index in [1.54, 1.807) is 7.11 Å². The summed E-state index contributed by atoms with van der Waals surface area (Å²) in [7, 11) is 3.61. The Kier molecular flexibility index (Phi) is 9.42. The second-order valence-corrected chi connectivity index (χ2v) is 6.24. The standard InChI is InChI=1S/C16H34N4O/c1-14(2)7-5-9-18-16(17-3)19-13-15-8-6-10-20(15)11-12-21-4/h14-15H,5-13H2,1-4H3,(H2,17,18,19). The molecule has 1 fully saturated rings. The predicted molar refractivity (Wildman–Crippen MR) is 89.9 cm³/mol. The minimum absolute atomic E-state index is 0.606. The Bertz CT molecular complexity index is 294. The summed E-state index contributed by atoms with van der Waals surface area (Å²) in [4.78, 5) is 6.82. The molecule has 1 aliphatic heterocycles. The van der Waals surface area contributed by atoms with E-state index in [0.717, 1.165) is 38.1 Å². The molecule has 5 nitrogen and oxygen atoms in total. The van der Waals surface area contributed by atoms with Crippen molar-refractivity contribution in [2.75, 3.05) is 46.9 Å². The van der Waals surface area contributed by atoms with Crippen molar-refractivity contribution in [3.63, 3.8) is 0 Å². The van der Waals surface area contributed by atoms with E-state index < -0.39 is 0 Å². The number of likely N-dealkylation sites (tertiary alicyclic amines) is 1. The molecule has 1 heterocycles. The predicted octanol–water partition coefficient (Wildman–Crippen LogP) is 1.70. The van der Waals surface area contributed by atoms with Crippen LogP contribution in [-0.2, 0) is 4.74 Å². The fourth-order valence-electron chi connectivity index (χ4n) is 2.78. The third-order valence-electron chi connectivity index (χ3n) is 4.06. The Balaban J connectivity index is 2.21. The van der Waals surface area contributed by atoms with Crippen LogP contribution in [-0.4, -0.2) is 63.8 Å². The highest BCUT2D eigenvalue weighted by molar-refractivity contribution is 5.79. The molecule has 0 aromatic rings. The van der Waals surface area contributed by atoms with Gasteiger partial charge in [0, 0.05) is 39.8 Å². The molecular weight excluding hydrogens is 264 g/mol. The maximum Gasteiger partial charge on any atom is 0.191 e. The van der Waals surface area contributed by atoms with Crippen LogP contribution in [0.25, 0.3) is 0 Å². The van der Waals surface area contributed by atoms with Gasteiger partial charge in [0.15, 0.2) is 5.96 Å². The van der Waals surface area contributed by atoms with E-state index in [0.29, 0.717) is 6.04 Å². The lowest BCUT2D eigenvalue weighted by molar-refractivity contribution is 0.141. The third kappa shape index (κ3) is 7.67. The molecule has 0 aliphatic carbocycles. The SMILES string of the molecule is CN=C(NCCCC(C)C)NCC1CCCN1CCOC. The normalized spacial score (nSPS) is 20.2. The lowest BCUT2D eigenvalue weighted by Crippen LogP contribution is -2.45. The highest BCUT2D eigenvalue weighted by Gasteiger charge is 2.23. The molecule has 21 heavy (non-hydrogen) atoms. The molecule has 0 radical (unpaired) electrons. The van der Waals surface area contributed by atoms with E-state index in [1.165, 1.54) is 32.2 Å². The largest absolute Gasteiger partial charge is 0.383 e. The summed E-state index contributed by atoms with van der Waals surface area (Å²) in [5.74, 6) is 1.70. The van der Waals surface area contributed by atoms with Gasteiger partial charge in [0.25, 0.3) is 0 Å². The highest BCUT2D eigenvalue weighted by atomic mass is 16.5. The molecular formula is C16H34N4O. The zero-order valence-corrected chi connectivity index (χ0v) is 14.3. The van der Waals surface area contributed by atoms with Crippen LogP contribution in [0.2, 0.25) is 0 Å². The van der Waals surface area contributed by atoms with Crippen molar-refractivity contribution in [2.45, 2.75) is 45.6 Å². The number of aliphatic imine (C=N–C) groups is 1. The molecule has 1 atom stereocenters. The summed E-state index contributed by atoms with van der Waals surface area (Å²) < 4.78 is 5.19. The van der Waals surface area contributed by atoms with Gasteiger partial charge < -0.3 is 15.4 Å². The zero-order valence-electron chi connectivity index (χ0n) is 14.3. The van der Waals surface area contributed by atoms with E-state index in [9.17, 15) is 0 Å². The number of nitrogens with zero attached hydrogens (tertiary/aromatic N) is 2. The van der Waals surface area contributed by atoms with Gasteiger partial charge in [-0.15, -0.1) is 0 Å². The Morgan fingerprint density at radius 2 is 2.19 bits per heavy atom. The molecule has 1 saturated heterocycles. The molecule has 0 amide bonds.